The van der Waals surface area contributed by atoms with E-state index in [1.54, 1.807) is 6.07 Å². The van der Waals surface area contributed by atoms with E-state index in [1.165, 1.54) is 5.56 Å². The fraction of sp³-hybridized carbons (Fsp3) is 0.455. The zero-order chi connectivity index (χ0) is 19.3. The lowest BCUT2D eigenvalue weighted by molar-refractivity contribution is -0.0520. The summed E-state index contributed by atoms with van der Waals surface area (Å²) in [6.45, 7) is -0.352. The number of halogens is 2. The number of nitrogens with one attached hydrogen (secondary N) is 1. The summed E-state index contributed by atoms with van der Waals surface area (Å²) >= 11 is 0. The van der Waals surface area contributed by atoms with Gasteiger partial charge in [-0.25, -0.2) is 0 Å². The van der Waals surface area contributed by atoms with Crippen molar-refractivity contribution in [3.8, 4) is 11.5 Å². The lowest BCUT2D eigenvalue weighted by Gasteiger charge is -2.36. The highest BCUT2D eigenvalue weighted by molar-refractivity contribution is 5.57. The first-order valence-corrected chi connectivity index (χ1v) is 9.98. The fourth-order valence-corrected chi connectivity index (χ4v) is 4.06. The molecule has 2 fully saturated rings. The van der Waals surface area contributed by atoms with E-state index >= 15 is 0 Å². The van der Waals surface area contributed by atoms with Gasteiger partial charge in [-0.3, -0.25) is 0 Å². The van der Waals surface area contributed by atoms with E-state index in [2.05, 4.69) is 22.3 Å². The van der Waals surface area contributed by atoms with Gasteiger partial charge in [-0.1, -0.05) is 30.3 Å². The Morgan fingerprint density at radius 1 is 1.00 bits per heavy atom. The zero-order valence-electron chi connectivity index (χ0n) is 15.8. The molecule has 4 nitrogen and oxygen atoms in total. The molecule has 1 atom stereocenters. The molecule has 2 aliphatic rings. The Hall–Kier alpha value is -2.34. The van der Waals surface area contributed by atoms with Crippen LogP contribution in [0.1, 0.15) is 37.3 Å². The molecular formula is C22H26F2N2O2. The van der Waals surface area contributed by atoms with E-state index in [-0.39, 0.29) is 17.9 Å². The van der Waals surface area contributed by atoms with Gasteiger partial charge in [0.2, 0.25) is 0 Å². The van der Waals surface area contributed by atoms with Crippen molar-refractivity contribution in [1.29, 1.82) is 0 Å². The van der Waals surface area contributed by atoms with Crippen molar-refractivity contribution < 1.29 is 18.3 Å². The zero-order valence-corrected chi connectivity index (χ0v) is 15.8. The van der Waals surface area contributed by atoms with Crippen molar-refractivity contribution in [3.05, 3.63) is 54.1 Å². The monoisotopic (exact) mass is 388 g/mol. The second kappa shape index (κ2) is 8.78. The van der Waals surface area contributed by atoms with E-state index in [4.69, 9.17) is 9.47 Å². The lowest BCUT2D eigenvalue weighted by Crippen LogP contribution is -2.45. The van der Waals surface area contributed by atoms with Gasteiger partial charge in [-0.05, 0) is 43.4 Å². The fourth-order valence-electron chi connectivity index (χ4n) is 4.06. The Morgan fingerprint density at radius 2 is 1.79 bits per heavy atom. The molecule has 1 saturated carbocycles. The molecule has 0 amide bonds. The van der Waals surface area contributed by atoms with Crippen molar-refractivity contribution in [2.24, 2.45) is 0 Å². The van der Waals surface area contributed by atoms with Crippen LogP contribution in [0.2, 0.25) is 0 Å². The number of alkyl halides is 2. The molecular weight excluding hydrogens is 362 g/mol. The van der Waals surface area contributed by atoms with E-state index in [1.807, 2.05) is 30.3 Å². The summed E-state index contributed by atoms with van der Waals surface area (Å²) in [5.41, 5.74) is 2.21. The summed E-state index contributed by atoms with van der Waals surface area (Å²) < 4.78 is 36.4. The van der Waals surface area contributed by atoms with Crippen molar-refractivity contribution >= 4 is 5.69 Å². The van der Waals surface area contributed by atoms with Gasteiger partial charge < -0.3 is 19.7 Å². The van der Waals surface area contributed by atoms with Gasteiger partial charge >= 0.3 is 6.61 Å². The summed E-state index contributed by atoms with van der Waals surface area (Å²) in [4.78, 5) is 2.27. The molecule has 0 radical (unpaired) electrons. The maximum Gasteiger partial charge on any atom is 0.387 e. The van der Waals surface area contributed by atoms with Crippen LogP contribution in [-0.2, 0) is 0 Å². The summed E-state index contributed by atoms with van der Waals surface area (Å²) in [6, 6.07) is 15.9. The molecule has 1 saturated heterocycles. The van der Waals surface area contributed by atoms with E-state index in [0.717, 1.165) is 51.0 Å². The Morgan fingerprint density at radius 3 is 2.54 bits per heavy atom. The Balaban J connectivity index is 1.54. The van der Waals surface area contributed by atoms with E-state index in [9.17, 15) is 8.78 Å². The quantitative estimate of drug-likeness (QED) is 0.774. The minimum atomic E-state index is -2.86. The van der Waals surface area contributed by atoms with Crippen LogP contribution in [0.25, 0.3) is 0 Å². The maximum absolute atomic E-state index is 12.8. The molecule has 1 aliphatic heterocycles. The number of benzene rings is 2. The number of anilines is 1. The normalized spacial score (nSPS) is 20.5. The highest BCUT2D eigenvalue weighted by atomic mass is 19.3. The first-order valence-electron chi connectivity index (χ1n) is 9.98. The third-order valence-corrected chi connectivity index (χ3v) is 5.48. The standard InChI is InChI=1S/C22H26F2N2O2/c23-22(24)28-20-11-10-17(14-21(20)27-18-8-4-5-9-18)26-13-12-25-19(15-26)16-6-2-1-3-7-16/h1-3,6-7,10-11,14,18-19,22,25H,4-5,8-9,12-13,15H2. The van der Waals surface area contributed by atoms with Gasteiger partial charge in [-0.15, -0.1) is 0 Å². The van der Waals surface area contributed by atoms with Gasteiger partial charge in [0, 0.05) is 37.4 Å². The second-order valence-electron chi connectivity index (χ2n) is 7.40. The minimum Gasteiger partial charge on any atom is -0.486 e. The van der Waals surface area contributed by atoms with Gasteiger partial charge in [0.1, 0.15) is 0 Å². The van der Waals surface area contributed by atoms with Gasteiger partial charge in [-0.2, -0.15) is 8.78 Å². The summed E-state index contributed by atoms with van der Waals surface area (Å²) in [5, 5.41) is 3.55. The summed E-state index contributed by atoms with van der Waals surface area (Å²) in [5.74, 6) is 0.528. The van der Waals surface area contributed by atoms with Gasteiger partial charge in [0.05, 0.1) is 6.10 Å². The predicted molar refractivity (Wildman–Crippen MR) is 105 cm³/mol. The average molecular weight is 388 g/mol. The topological polar surface area (TPSA) is 33.7 Å². The third kappa shape index (κ3) is 4.55. The maximum atomic E-state index is 12.8. The van der Waals surface area contributed by atoms with Gasteiger partial charge in [0.15, 0.2) is 11.5 Å². The van der Waals surface area contributed by atoms with Crippen molar-refractivity contribution in [2.75, 3.05) is 24.5 Å². The first kappa shape index (κ1) is 19.0. The molecule has 2 aromatic rings. The Bertz CT molecular complexity index is 766. The van der Waals surface area contributed by atoms with Crippen LogP contribution in [0, 0.1) is 0 Å². The molecule has 28 heavy (non-hydrogen) atoms. The van der Waals surface area contributed by atoms with E-state index < -0.39 is 6.61 Å². The smallest absolute Gasteiger partial charge is 0.387 e. The van der Waals surface area contributed by atoms with Crippen LogP contribution in [0.3, 0.4) is 0 Å². The Kier molecular flexibility index (Phi) is 5.95. The summed E-state index contributed by atoms with van der Waals surface area (Å²) in [7, 11) is 0. The predicted octanol–water partition coefficient (Wildman–Crippen LogP) is 4.76. The molecule has 1 aliphatic carbocycles. The van der Waals surface area contributed by atoms with Crippen LogP contribution >= 0.6 is 0 Å². The van der Waals surface area contributed by atoms with Crippen LogP contribution in [-0.4, -0.2) is 32.3 Å². The van der Waals surface area contributed by atoms with Gasteiger partial charge in [0.25, 0.3) is 0 Å². The Labute approximate surface area is 164 Å². The molecule has 1 unspecified atom stereocenters. The molecule has 1 heterocycles. The van der Waals surface area contributed by atoms with Crippen LogP contribution in [0.15, 0.2) is 48.5 Å². The molecule has 2 aromatic carbocycles. The van der Waals surface area contributed by atoms with Crippen molar-refractivity contribution in [2.45, 2.75) is 44.4 Å². The van der Waals surface area contributed by atoms with Crippen molar-refractivity contribution in [1.82, 2.24) is 5.32 Å². The molecule has 0 bridgehead atoms. The molecule has 6 heteroatoms. The number of hydrogen-bond acceptors (Lipinski definition) is 4. The first-order chi connectivity index (χ1) is 13.7. The largest absolute Gasteiger partial charge is 0.486 e. The van der Waals surface area contributed by atoms with E-state index in [0.29, 0.717) is 5.75 Å². The van der Waals surface area contributed by atoms with Crippen LogP contribution in [0.4, 0.5) is 14.5 Å². The SMILES string of the molecule is FC(F)Oc1ccc(N2CCNC(c3ccccc3)C2)cc1OC1CCCC1. The molecule has 0 aromatic heterocycles. The average Bonchev–Trinajstić information content (AvgIpc) is 3.23. The molecule has 0 spiro atoms. The van der Waals surface area contributed by atoms with Crippen molar-refractivity contribution in [3.63, 3.8) is 0 Å². The minimum absolute atomic E-state index is 0.0790. The highest BCUT2D eigenvalue weighted by Gasteiger charge is 2.24. The second-order valence-corrected chi connectivity index (χ2v) is 7.40. The van der Waals surface area contributed by atoms with Crippen LogP contribution < -0.4 is 19.7 Å². The third-order valence-electron chi connectivity index (χ3n) is 5.48. The molecule has 4 rings (SSSR count). The summed E-state index contributed by atoms with van der Waals surface area (Å²) in [6.07, 6.45) is 4.23. The highest BCUT2D eigenvalue weighted by Crippen LogP contribution is 2.36. The number of rotatable bonds is 6. The number of hydrogen-bond donors (Lipinski definition) is 1. The lowest BCUT2D eigenvalue weighted by atomic mass is 10.0. The molecule has 150 valence electrons. The number of nitrogens with zero attached hydrogens (tertiary/aromatic N) is 1. The van der Waals surface area contributed by atoms with Crippen LogP contribution in [0.5, 0.6) is 11.5 Å². The number of ether oxygens (including phenoxy) is 2. The molecule has 1 N–H and O–H groups in total. The number of piperazine rings is 1.